The Morgan fingerprint density at radius 2 is 1.59 bits per heavy atom. The second kappa shape index (κ2) is 9.58. The lowest BCUT2D eigenvalue weighted by molar-refractivity contribution is 0.104. The van der Waals surface area contributed by atoms with E-state index in [1.54, 1.807) is 12.3 Å². The summed E-state index contributed by atoms with van der Waals surface area (Å²) in [4.78, 5) is 15.1. The monoisotopic (exact) mass is 359 g/mol. The molecule has 0 aliphatic carbocycles. The van der Waals surface area contributed by atoms with Crippen molar-refractivity contribution in [2.45, 2.75) is 26.3 Å². The van der Waals surface area contributed by atoms with Gasteiger partial charge in [-0.05, 0) is 24.1 Å². The molecule has 138 valence electrons. The Bertz CT molecular complexity index is 852. The van der Waals surface area contributed by atoms with Gasteiger partial charge in [0.25, 0.3) is 0 Å². The summed E-state index contributed by atoms with van der Waals surface area (Å²) < 4.78 is 5.57. The molecule has 1 heterocycles. The van der Waals surface area contributed by atoms with Gasteiger partial charge in [0.1, 0.15) is 5.76 Å². The second-order valence-corrected chi connectivity index (χ2v) is 6.48. The third-order valence-electron chi connectivity index (χ3n) is 4.44. The first-order valence-corrected chi connectivity index (χ1v) is 9.41. The van der Waals surface area contributed by atoms with Gasteiger partial charge >= 0.3 is 0 Å². The minimum atomic E-state index is 0.00963. The molecule has 0 atom stereocenters. The van der Waals surface area contributed by atoms with E-state index in [1.165, 1.54) is 0 Å². The predicted octanol–water partition coefficient (Wildman–Crippen LogP) is 5.81. The minimum Gasteiger partial charge on any atom is -0.467 e. The molecule has 27 heavy (non-hydrogen) atoms. The van der Waals surface area contributed by atoms with Crippen molar-refractivity contribution in [3.05, 3.63) is 102 Å². The van der Waals surface area contributed by atoms with Crippen LogP contribution in [0.15, 0.2) is 89.6 Å². The van der Waals surface area contributed by atoms with Crippen LogP contribution < -0.4 is 0 Å². The van der Waals surface area contributed by atoms with E-state index in [0.717, 1.165) is 36.4 Å². The maximum Gasteiger partial charge on any atom is 0.187 e. The number of hydrogen-bond donors (Lipinski definition) is 0. The Morgan fingerprint density at radius 1 is 0.926 bits per heavy atom. The van der Waals surface area contributed by atoms with Crippen LogP contribution in [-0.4, -0.2) is 17.2 Å². The highest BCUT2D eigenvalue weighted by Gasteiger charge is 2.16. The average Bonchev–Trinajstić information content (AvgIpc) is 3.24. The number of nitrogens with zero attached hydrogens (tertiary/aromatic N) is 1. The quantitative estimate of drug-likeness (QED) is 0.357. The van der Waals surface area contributed by atoms with Crippen LogP contribution in [0, 0.1) is 0 Å². The molecule has 2 aromatic carbocycles. The fourth-order valence-electron chi connectivity index (χ4n) is 3.00. The van der Waals surface area contributed by atoms with Crippen LogP contribution in [0.5, 0.6) is 0 Å². The zero-order valence-electron chi connectivity index (χ0n) is 15.7. The highest BCUT2D eigenvalue weighted by Crippen LogP contribution is 2.23. The fraction of sp³-hybridized carbons (Fsp3) is 0.208. The molecule has 0 aliphatic heterocycles. The van der Waals surface area contributed by atoms with Gasteiger partial charge in [0.2, 0.25) is 0 Å². The molecule has 0 saturated carbocycles. The molecule has 0 saturated heterocycles. The number of rotatable bonds is 9. The SMILES string of the molecule is CCCCN(Cc1ccco1)/C(=C/C(=O)c1ccccc1)c1ccccc1. The van der Waals surface area contributed by atoms with Crippen molar-refractivity contribution in [2.75, 3.05) is 6.54 Å². The Hall–Kier alpha value is -3.07. The summed E-state index contributed by atoms with van der Waals surface area (Å²) in [6.45, 7) is 3.67. The van der Waals surface area contributed by atoms with Gasteiger partial charge in [-0.1, -0.05) is 74.0 Å². The molecule has 3 heteroatoms. The zero-order chi connectivity index (χ0) is 18.9. The summed E-state index contributed by atoms with van der Waals surface area (Å²) in [5.74, 6) is 0.899. The lowest BCUT2D eigenvalue weighted by Crippen LogP contribution is -2.23. The Balaban J connectivity index is 1.98. The average molecular weight is 359 g/mol. The van der Waals surface area contributed by atoms with Crippen molar-refractivity contribution < 1.29 is 9.21 Å². The first-order chi connectivity index (χ1) is 13.3. The standard InChI is InChI=1S/C24H25NO2/c1-2-3-16-25(19-22-15-10-17-27-22)23(20-11-6-4-7-12-20)18-24(26)21-13-8-5-9-14-21/h4-15,17-18H,2-3,16,19H2,1H3/b23-18+. The lowest BCUT2D eigenvalue weighted by atomic mass is 10.0. The predicted molar refractivity (Wildman–Crippen MR) is 109 cm³/mol. The van der Waals surface area contributed by atoms with E-state index in [1.807, 2.05) is 72.8 Å². The van der Waals surface area contributed by atoms with Crippen LogP contribution >= 0.6 is 0 Å². The molecule has 0 bridgehead atoms. The highest BCUT2D eigenvalue weighted by atomic mass is 16.3. The Morgan fingerprint density at radius 3 is 2.19 bits per heavy atom. The number of allylic oxidation sites excluding steroid dienone is 1. The van der Waals surface area contributed by atoms with Gasteiger partial charge in [-0.3, -0.25) is 4.79 Å². The summed E-state index contributed by atoms with van der Waals surface area (Å²) in [6.07, 6.45) is 5.57. The van der Waals surface area contributed by atoms with Crippen molar-refractivity contribution in [3.8, 4) is 0 Å². The van der Waals surface area contributed by atoms with Crippen molar-refractivity contribution in [3.63, 3.8) is 0 Å². The van der Waals surface area contributed by atoms with E-state index >= 15 is 0 Å². The summed E-state index contributed by atoms with van der Waals surface area (Å²) >= 11 is 0. The van der Waals surface area contributed by atoms with Gasteiger partial charge in [-0.2, -0.15) is 0 Å². The second-order valence-electron chi connectivity index (χ2n) is 6.48. The number of carbonyl (C=O) groups excluding carboxylic acids is 1. The Kier molecular flexibility index (Phi) is 6.64. The topological polar surface area (TPSA) is 33.5 Å². The normalized spacial score (nSPS) is 11.4. The van der Waals surface area contributed by atoms with Gasteiger partial charge in [0, 0.05) is 23.9 Å². The third kappa shape index (κ3) is 5.20. The number of benzene rings is 2. The molecule has 1 aromatic heterocycles. The molecule has 0 N–H and O–H groups in total. The molecule has 0 amide bonds. The molecule has 0 radical (unpaired) electrons. The van der Waals surface area contributed by atoms with Crippen LogP contribution in [0.3, 0.4) is 0 Å². The maximum atomic E-state index is 12.9. The smallest absolute Gasteiger partial charge is 0.187 e. The van der Waals surface area contributed by atoms with Crippen LogP contribution in [0.1, 0.15) is 41.4 Å². The van der Waals surface area contributed by atoms with Crippen molar-refractivity contribution in [2.24, 2.45) is 0 Å². The minimum absolute atomic E-state index is 0.00963. The van der Waals surface area contributed by atoms with E-state index in [2.05, 4.69) is 11.8 Å². The number of carbonyl (C=O) groups is 1. The molecule has 0 aliphatic rings. The Labute approximate surface area is 160 Å². The number of furan rings is 1. The maximum absolute atomic E-state index is 12.9. The van der Waals surface area contributed by atoms with Crippen LogP contribution in [-0.2, 0) is 6.54 Å². The van der Waals surface area contributed by atoms with E-state index in [9.17, 15) is 4.79 Å². The van der Waals surface area contributed by atoms with E-state index in [4.69, 9.17) is 4.42 Å². The summed E-state index contributed by atoms with van der Waals surface area (Å²) in [7, 11) is 0. The number of unbranched alkanes of at least 4 members (excludes halogenated alkanes) is 1. The first-order valence-electron chi connectivity index (χ1n) is 9.41. The summed E-state index contributed by atoms with van der Waals surface area (Å²) in [6, 6.07) is 23.4. The summed E-state index contributed by atoms with van der Waals surface area (Å²) in [5, 5.41) is 0. The largest absolute Gasteiger partial charge is 0.467 e. The highest BCUT2D eigenvalue weighted by molar-refractivity contribution is 6.08. The van der Waals surface area contributed by atoms with E-state index < -0.39 is 0 Å². The molecule has 3 nitrogen and oxygen atoms in total. The third-order valence-corrected chi connectivity index (χ3v) is 4.44. The molecule has 0 unspecified atom stereocenters. The van der Waals surface area contributed by atoms with Crippen LogP contribution in [0.2, 0.25) is 0 Å². The molecular formula is C24H25NO2. The van der Waals surface area contributed by atoms with Gasteiger partial charge in [0.05, 0.1) is 12.8 Å². The van der Waals surface area contributed by atoms with Crippen molar-refractivity contribution >= 4 is 11.5 Å². The van der Waals surface area contributed by atoms with Gasteiger partial charge in [-0.15, -0.1) is 0 Å². The summed E-state index contributed by atoms with van der Waals surface area (Å²) in [5.41, 5.74) is 2.65. The number of ketones is 1. The van der Waals surface area contributed by atoms with E-state index in [0.29, 0.717) is 12.1 Å². The molecule has 0 spiro atoms. The molecule has 0 fully saturated rings. The molecule has 3 aromatic rings. The fourth-order valence-corrected chi connectivity index (χ4v) is 3.00. The zero-order valence-corrected chi connectivity index (χ0v) is 15.7. The van der Waals surface area contributed by atoms with E-state index in [-0.39, 0.29) is 5.78 Å². The van der Waals surface area contributed by atoms with Gasteiger partial charge in [0.15, 0.2) is 5.78 Å². The van der Waals surface area contributed by atoms with Crippen LogP contribution in [0.25, 0.3) is 5.70 Å². The lowest BCUT2D eigenvalue weighted by Gasteiger charge is -2.27. The van der Waals surface area contributed by atoms with Gasteiger partial charge in [-0.25, -0.2) is 0 Å². The van der Waals surface area contributed by atoms with Crippen LogP contribution in [0.4, 0.5) is 0 Å². The number of hydrogen-bond acceptors (Lipinski definition) is 3. The van der Waals surface area contributed by atoms with Crippen molar-refractivity contribution in [1.29, 1.82) is 0 Å². The van der Waals surface area contributed by atoms with Crippen molar-refractivity contribution in [1.82, 2.24) is 4.90 Å². The molecule has 3 rings (SSSR count). The van der Waals surface area contributed by atoms with Gasteiger partial charge < -0.3 is 9.32 Å². The molecular weight excluding hydrogens is 334 g/mol. The first kappa shape index (κ1) is 18.7.